The molecular weight excluding hydrogens is 216 g/mol. The largest absolute Gasteiger partial charge is 0.411 e. The number of piperidine rings is 1. The molecule has 1 aliphatic rings. The summed E-state index contributed by atoms with van der Waals surface area (Å²) >= 11 is 0. The van der Waals surface area contributed by atoms with Crippen molar-refractivity contribution < 1.29 is 10.0 Å². The van der Waals surface area contributed by atoms with Crippen molar-refractivity contribution in [1.29, 1.82) is 0 Å². The fourth-order valence-corrected chi connectivity index (χ4v) is 2.12. The highest BCUT2D eigenvalue weighted by atomic mass is 16.4. The van der Waals surface area contributed by atoms with Crippen LogP contribution in [0.2, 0.25) is 0 Å². The van der Waals surface area contributed by atoms with Crippen LogP contribution in [-0.4, -0.2) is 34.8 Å². The minimum atomic E-state index is 0.0504. The molecule has 1 heterocycles. The third-order valence-corrected chi connectivity index (χ3v) is 3.14. The van der Waals surface area contributed by atoms with Crippen LogP contribution in [0.5, 0.6) is 0 Å². The molecule has 2 rings (SSSR count). The van der Waals surface area contributed by atoms with Crippen molar-refractivity contribution in [3.8, 4) is 0 Å². The number of carbonyl (C=O) groups excluding carboxylic acids is 1. The number of carbonyl (C=O) groups is 1. The molecule has 0 unspecified atom stereocenters. The van der Waals surface area contributed by atoms with Gasteiger partial charge in [-0.2, -0.15) is 0 Å². The third kappa shape index (κ3) is 2.46. The number of nitrogens with zero attached hydrogens (tertiary/aromatic N) is 2. The monoisotopic (exact) mass is 232 g/mol. The van der Waals surface area contributed by atoms with Gasteiger partial charge in [-0.3, -0.25) is 4.79 Å². The first-order valence-corrected chi connectivity index (χ1v) is 5.77. The molecule has 1 aromatic rings. The zero-order valence-electron chi connectivity index (χ0n) is 9.84. The second kappa shape index (κ2) is 4.99. The van der Waals surface area contributed by atoms with Gasteiger partial charge in [-0.1, -0.05) is 30.3 Å². The fraction of sp³-hybridized carbons (Fsp3) is 0.385. The van der Waals surface area contributed by atoms with Gasteiger partial charge in [0, 0.05) is 31.0 Å². The maximum Gasteiger partial charge on any atom is 0.253 e. The molecule has 1 N–H and O–H groups in total. The summed E-state index contributed by atoms with van der Waals surface area (Å²) in [6, 6.07) is 9.26. The number of rotatable bonds is 1. The summed E-state index contributed by atoms with van der Waals surface area (Å²) in [7, 11) is 0. The molecular formula is C13H16N2O2. The molecule has 1 aromatic carbocycles. The Balaban J connectivity index is 2.08. The van der Waals surface area contributed by atoms with Crippen LogP contribution in [-0.2, 0) is 0 Å². The van der Waals surface area contributed by atoms with E-state index in [2.05, 4.69) is 5.16 Å². The predicted octanol–water partition coefficient (Wildman–Crippen LogP) is 2.00. The molecule has 0 bridgehead atoms. The molecule has 0 radical (unpaired) electrons. The summed E-state index contributed by atoms with van der Waals surface area (Å²) in [5.41, 5.74) is 1.49. The van der Waals surface area contributed by atoms with Gasteiger partial charge in [-0.15, -0.1) is 0 Å². The van der Waals surface area contributed by atoms with Gasteiger partial charge in [0.05, 0.1) is 5.71 Å². The highest BCUT2D eigenvalue weighted by Gasteiger charge is 2.26. The Hall–Kier alpha value is -1.84. The first-order valence-electron chi connectivity index (χ1n) is 5.77. The van der Waals surface area contributed by atoms with Crippen LogP contribution >= 0.6 is 0 Å². The van der Waals surface area contributed by atoms with Gasteiger partial charge >= 0.3 is 0 Å². The van der Waals surface area contributed by atoms with Crippen LogP contribution in [0.15, 0.2) is 35.5 Å². The quantitative estimate of drug-likeness (QED) is 0.594. The van der Waals surface area contributed by atoms with Crippen molar-refractivity contribution in [2.75, 3.05) is 13.1 Å². The van der Waals surface area contributed by atoms with E-state index >= 15 is 0 Å². The van der Waals surface area contributed by atoms with E-state index < -0.39 is 0 Å². The van der Waals surface area contributed by atoms with Gasteiger partial charge in [-0.25, -0.2) is 0 Å². The molecule has 1 saturated heterocycles. The Morgan fingerprint density at radius 1 is 1.41 bits per heavy atom. The minimum Gasteiger partial charge on any atom is -0.411 e. The number of hydrogen-bond donors (Lipinski definition) is 1. The van der Waals surface area contributed by atoms with Crippen molar-refractivity contribution >= 4 is 11.6 Å². The SMILES string of the molecule is C[C@@H]1CN(C(=O)c2ccccc2)CC/C1=N/O. The van der Waals surface area contributed by atoms with Crippen LogP contribution in [0, 0.1) is 5.92 Å². The van der Waals surface area contributed by atoms with Crippen LogP contribution in [0.1, 0.15) is 23.7 Å². The summed E-state index contributed by atoms with van der Waals surface area (Å²) in [5.74, 6) is 0.177. The highest BCUT2D eigenvalue weighted by molar-refractivity contribution is 5.96. The predicted molar refractivity (Wildman–Crippen MR) is 65.3 cm³/mol. The summed E-state index contributed by atoms with van der Waals surface area (Å²) in [4.78, 5) is 14.0. The van der Waals surface area contributed by atoms with Crippen LogP contribution in [0.4, 0.5) is 0 Å². The van der Waals surface area contributed by atoms with Gasteiger partial charge in [0.1, 0.15) is 0 Å². The third-order valence-electron chi connectivity index (χ3n) is 3.14. The van der Waals surface area contributed by atoms with Crippen molar-refractivity contribution in [3.63, 3.8) is 0 Å². The van der Waals surface area contributed by atoms with Crippen LogP contribution in [0.25, 0.3) is 0 Å². The Kier molecular flexibility index (Phi) is 3.42. The molecule has 1 amide bonds. The average molecular weight is 232 g/mol. The highest BCUT2D eigenvalue weighted by Crippen LogP contribution is 2.16. The zero-order valence-corrected chi connectivity index (χ0v) is 9.84. The topological polar surface area (TPSA) is 52.9 Å². The van der Waals surface area contributed by atoms with Crippen molar-refractivity contribution in [3.05, 3.63) is 35.9 Å². The lowest BCUT2D eigenvalue weighted by atomic mass is 9.97. The first kappa shape index (κ1) is 11.6. The molecule has 17 heavy (non-hydrogen) atoms. The van der Waals surface area contributed by atoms with Crippen LogP contribution in [0.3, 0.4) is 0 Å². The van der Waals surface area contributed by atoms with Gasteiger partial charge in [0.25, 0.3) is 5.91 Å². The van der Waals surface area contributed by atoms with E-state index in [1.807, 2.05) is 42.2 Å². The molecule has 0 spiro atoms. The van der Waals surface area contributed by atoms with E-state index in [-0.39, 0.29) is 11.8 Å². The van der Waals surface area contributed by atoms with Gasteiger partial charge < -0.3 is 10.1 Å². The summed E-state index contributed by atoms with van der Waals surface area (Å²) in [6.45, 7) is 3.21. The molecule has 1 atom stereocenters. The first-order chi connectivity index (χ1) is 8.22. The van der Waals surface area contributed by atoms with E-state index in [1.54, 1.807) is 0 Å². The standard InChI is InChI=1S/C13H16N2O2/c1-10-9-15(8-7-12(10)14-17)13(16)11-5-3-2-4-6-11/h2-6,10,17H,7-9H2,1H3/b14-12-/t10-/m1/s1. The molecule has 1 aliphatic heterocycles. The number of likely N-dealkylation sites (tertiary alicyclic amines) is 1. The lowest BCUT2D eigenvalue weighted by Gasteiger charge is -2.31. The average Bonchev–Trinajstić information content (AvgIpc) is 2.39. The number of oxime groups is 1. The number of benzene rings is 1. The lowest BCUT2D eigenvalue weighted by molar-refractivity contribution is 0.0734. The van der Waals surface area contributed by atoms with Crippen molar-refractivity contribution in [2.24, 2.45) is 11.1 Å². The van der Waals surface area contributed by atoms with Gasteiger partial charge in [0.15, 0.2) is 0 Å². The Morgan fingerprint density at radius 2 is 2.12 bits per heavy atom. The van der Waals surface area contributed by atoms with E-state index in [1.165, 1.54) is 0 Å². The Labute approximate surface area is 101 Å². The summed E-state index contributed by atoms with van der Waals surface area (Å²) < 4.78 is 0. The second-order valence-corrected chi connectivity index (χ2v) is 4.36. The molecule has 0 saturated carbocycles. The molecule has 4 nitrogen and oxygen atoms in total. The van der Waals surface area contributed by atoms with Gasteiger partial charge in [0.2, 0.25) is 0 Å². The lowest BCUT2D eigenvalue weighted by Crippen LogP contribution is -2.43. The van der Waals surface area contributed by atoms with E-state index in [9.17, 15) is 4.79 Å². The smallest absolute Gasteiger partial charge is 0.253 e. The fourth-order valence-electron chi connectivity index (χ4n) is 2.12. The Morgan fingerprint density at radius 3 is 2.71 bits per heavy atom. The molecule has 90 valence electrons. The van der Waals surface area contributed by atoms with Crippen molar-refractivity contribution in [2.45, 2.75) is 13.3 Å². The Bertz CT molecular complexity index is 428. The van der Waals surface area contributed by atoms with E-state index in [0.717, 1.165) is 5.71 Å². The second-order valence-electron chi connectivity index (χ2n) is 4.36. The summed E-state index contributed by atoms with van der Waals surface area (Å²) in [5, 5.41) is 12.1. The normalized spacial score (nSPS) is 22.8. The van der Waals surface area contributed by atoms with Crippen molar-refractivity contribution in [1.82, 2.24) is 4.90 Å². The molecule has 1 fully saturated rings. The van der Waals surface area contributed by atoms with Gasteiger partial charge in [-0.05, 0) is 12.1 Å². The molecule has 0 aliphatic carbocycles. The molecule has 4 heteroatoms. The zero-order chi connectivity index (χ0) is 12.3. The van der Waals surface area contributed by atoms with E-state index in [0.29, 0.717) is 25.1 Å². The summed E-state index contributed by atoms with van der Waals surface area (Å²) in [6.07, 6.45) is 0.649. The maximum absolute atomic E-state index is 12.2. The number of amides is 1. The minimum absolute atomic E-state index is 0.0504. The van der Waals surface area contributed by atoms with Crippen LogP contribution < -0.4 is 0 Å². The van der Waals surface area contributed by atoms with E-state index in [4.69, 9.17) is 5.21 Å². The maximum atomic E-state index is 12.2. The number of hydrogen-bond acceptors (Lipinski definition) is 3. The molecule has 0 aromatic heterocycles.